The molecule has 0 radical (unpaired) electrons. The molecule has 3 N–H and O–H groups in total. The van der Waals surface area contributed by atoms with Crippen LogP contribution in [-0.2, 0) is 16.0 Å². The van der Waals surface area contributed by atoms with Gasteiger partial charge in [-0.25, -0.2) is 9.49 Å². The van der Waals surface area contributed by atoms with E-state index in [0.717, 1.165) is 5.56 Å². The maximum Gasteiger partial charge on any atom is 0.247 e. The summed E-state index contributed by atoms with van der Waals surface area (Å²) in [5.41, 5.74) is 3.07. The lowest BCUT2D eigenvalue weighted by atomic mass is 10.0. The van der Waals surface area contributed by atoms with Crippen molar-refractivity contribution in [1.29, 1.82) is 0 Å². The van der Waals surface area contributed by atoms with Gasteiger partial charge >= 0.3 is 0 Å². The van der Waals surface area contributed by atoms with Gasteiger partial charge < -0.3 is 10.6 Å². The van der Waals surface area contributed by atoms with E-state index >= 15 is 0 Å². The normalized spacial score (nSPS) is 11.8. The molecule has 0 saturated heterocycles. The molecule has 1 unspecified atom stereocenters. The summed E-state index contributed by atoms with van der Waals surface area (Å²) in [7, 11) is 0. The topological polar surface area (TPSA) is 156 Å². The molecule has 5 rings (SSSR count). The molecular weight excluding hydrogens is 539 g/mol. The minimum Gasteiger partial charge on any atom is -0.340 e. The molecule has 14 heteroatoms. The zero-order chi connectivity index (χ0) is 27.9. The Morgan fingerprint density at radius 3 is 2.55 bits per heavy atom. The van der Waals surface area contributed by atoms with Crippen LogP contribution < -0.4 is 10.6 Å². The highest BCUT2D eigenvalue weighted by atomic mass is 35.5. The summed E-state index contributed by atoms with van der Waals surface area (Å²) in [5.74, 6) is -0.914. The number of H-pyrrole nitrogens is 1. The van der Waals surface area contributed by atoms with Crippen LogP contribution in [-0.4, -0.2) is 58.7 Å². The van der Waals surface area contributed by atoms with Gasteiger partial charge in [0.15, 0.2) is 5.82 Å². The maximum absolute atomic E-state index is 13.4. The number of amides is 2. The predicted octanol–water partition coefficient (Wildman–Crippen LogP) is 3.01. The van der Waals surface area contributed by atoms with E-state index in [1.54, 1.807) is 60.7 Å². The van der Waals surface area contributed by atoms with Crippen LogP contribution in [0.4, 0.5) is 10.1 Å². The van der Waals surface area contributed by atoms with Crippen molar-refractivity contribution in [1.82, 2.24) is 46.1 Å². The summed E-state index contributed by atoms with van der Waals surface area (Å²) in [6.45, 7) is 0. The van der Waals surface area contributed by atoms with E-state index in [1.165, 1.54) is 29.2 Å². The van der Waals surface area contributed by atoms with Crippen molar-refractivity contribution in [2.75, 3.05) is 5.32 Å². The fourth-order valence-corrected chi connectivity index (χ4v) is 3.99. The molecule has 0 bridgehead atoms. The van der Waals surface area contributed by atoms with Gasteiger partial charge in [0.25, 0.3) is 0 Å². The van der Waals surface area contributed by atoms with Crippen molar-refractivity contribution in [2.24, 2.45) is 0 Å². The summed E-state index contributed by atoms with van der Waals surface area (Å²) in [4.78, 5) is 26.2. The van der Waals surface area contributed by atoms with Crippen molar-refractivity contribution in [3.63, 3.8) is 0 Å². The first-order valence-corrected chi connectivity index (χ1v) is 12.2. The number of hydrogen-bond acceptors (Lipinski definition) is 8. The van der Waals surface area contributed by atoms with Crippen molar-refractivity contribution in [2.45, 2.75) is 12.5 Å². The lowest BCUT2D eigenvalue weighted by Crippen LogP contribution is -2.44. The molecule has 0 spiro atoms. The van der Waals surface area contributed by atoms with Crippen molar-refractivity contribution >= 4 is 35.2 Å². The zero-order valence-electron chi connectivity index (χ0n) is 20.6. The van der Waals surface area contributed by atoms with Crippen molar-refractivity contribution in [3.05, 3.63) is 101 Å². The number of carbonyl (C=O) groups excluding carboxylic acids is 2. The zero-order valence-corrected chi connectivity index (χ0v) is 21.3. The van der Waals surface area contributed by atoms with E-state index in [-0.39, 0.29) is 6.42 Å². The van der Waals surface area contributed by atoms with E-state index < -0.39 is 23.7 Å². The Balaban J connectivity index is 1.33. The summed E-state index contributed by atoms with van der Waals surface area (Å²) in [5, 5.41) is 30.7. The summed E-state index contributed by atoms with van der Waals surface area (Å²) in [6, 6.07) is 16.6. The number of anilines is 1. The Morgan fingerprint density at radius 1 is 1.05 bits per heavy atom. The van der Waals surface area contributed by atoms with E-state index in [1.807, 2.05) is 0 Å². The fraction of sp³-hybridized carbons (Fsp3) is 0.0769. The molecule has 0 saturated carbocycles. The maximum atomic E-state index is 13.4. The lowest BCUT2D eigenvalue weighted by Gasteiger charge is -2.18. The second kappa shape index (κ2) is 12.0. The number of nitrogens with zero attached hydrogens (tertiary/aromatic N) is 7. The van der Waals surface area contributed by atoms with Crippen LogP contribution in [0.3, 0.4) is 0 Å². The van der Waals surface area contributed by atoms with Crippen LogP contribution in [0, 0.1) is 5.82 Å². The van der Waals surface area contributed by atoms with E-state index in [0.29, 0.717) is 33.3 Å². The first-order chi connectivity index (χ1) is 19.4. The molecule has 2 amide bonds. The average Bonchev–Trinajstić information content (AvgIpc) is 3.69. The second-order valence-electron chi connectivity index (χ2n) is 8.50. The molecule has 12 nitrogen and oxygen atoms in total. The van der Waals surface area contributed by atoms with Crippen molar-refractivity contribution in [3.8, 4) is 17.1 Å². The third-order valence-corrected chi connectivity index (χ3v) is 5.99. The minimum absolute atomic E-state index is 0.126. The average molecular weight is 559 g/mol. The van der Waals surface area contributed by atoms with Gasteiger partial charge in [0.05, 0.1) is 5.69 Å². The number of carbonyl (C=O) groups is 2. The van der Waals surface area contributed by atoms with E-state index in [4.69, 9.17) is 11.6 Å². The number of halogens is 2. The Morgan fingerprint density at radius 2 is 1.85 bits per heavy atom. The first kappa shape index (κ1) is 26.3. The first-order valence-electron chi connectivity index (χ1n) is 11.9. The Kier molecular flexibility index (Phi) is 7.92. The van der Waals surface area contributed by atoms with Gasteiger partial charge in [0.1, 0.15) is 18.2 Å². The highest BCUT2D eigenvalue weighted by molar-refractivity contribution is 6.30. The van der Waals surface area contributed by atoms with E-state index in [9.17, 15) is 14.0 Å². The SMILES string of the molecule is O=C(C=Cc1cc(Cl)ccc1-n1cnnn1)NC(Cc1ccc(F)cc1)C(=O)Nc1ccc(-c2nnn[nH]2)cc1. The standard InChI is InChI=1S/C26H20ClFN10O2/c27-19-6-11-23(38-15-29-34-37-38)18(14-19)5-12-24(39)31-22(13-16-1-7-20(28)8-2-16)26(40)30-21-9-3-17(4-10-21)25-32-35-36-33-25/h1-12,14-15,22H,13H2,(H,30,40)(H,31,39)(H,32,33,35,36). The van der Waals surface area contributed by atoms with E-state index in [2.05, 4.69) is 46.8 Å². The highest BCUT2D eigenvalue weighted by Crippen LogP contribution is 2.21. The van der Waals surface area contributed by atoms with Crippen LogP contribution >= 0.6 is 11.6 Å². The summed E-state index contributed by atoms with van der Waals surface area (Å²) in [6.07, 6.45) is 4.37. The number of tetrazole rings is 2. The highest BCUT2D eigenvalue weighted by Gasteiger charge is 2.21. The monoisotopic (exact) mass is 558 g/mol. The molecule has 5 aromatic rings. The molecule has 2 aromatic heterocycles. The van der Waals surface area contributed by atoms with Crippen LogP contribution in [0.5, 0.6) is 0 Å². The largest absolute Gasteiger partial charge is 0.340 e. The number of nitrogens with one attached hydrogen (secondary N) is 3. The Labute approximate surface area is 231 Å². The van der Waals surface area contributed by atoms with Gasteiger partial charge in [-0.2, -0.15) is 4.68 Å². The second-order valence-corrected chi connectivity index (χ2v) is 8.94. The van der Waals surface area contributed by atoms with Crippen LogP contribution in [0.25, 0.3) is 23.2 Å². The van der Waals surface area contributed by atoms with Crippen LogP contribution in [0.1, 0.15) is 11.1 Å². The predicted molar refractivity (Wildman–Crippen MR) is 143 cm³/mol. The molecule has 0 fully saturated rings. The molecule has 1 atom stereocenters. The van der Waals surface area contributed by atoms with Crippen LogP contribution in [0.15, 0.2) is 79.1 Å². The Hall–Kier alpha value is -5.30. The third kappa shape index (κ3) is 6.57. The van der Waals surface area contributed by atoms with Gasteiger partial charge in [-0.15, -0.1) is 10.2 Å². The number of hydrogen-bond donors (Lipinski definition) is 3. The third-order valence-electron chi connectivity index (χ3n) is 5.76. The Bertz CT molecular complexity index is 1620. The molecule has 3 aromatic carbocycles. The van der Waals surface area contributed by atoms with Gasteiger partial charge in [-0.3, -0.25) is 9.59 Å². The molecule has 40 heavy (non-hydrogen) atoms. The van der Waals surface area contributed by atoms with Gasteiger partial charge in [0, 0.05) is 34.3 Å². The van der Waals surface area contributed by atoms with Crippen LogP contribution in [0.2, 0.25) is 5.02 Å². The smallest absolute Gasteiger partial charge is 0.247 e. The lowest BCUT2D eigenvalue weighted by molar-refractivity contribution is -0.123. The van der Waals surface area contributed by atoms with Crippen molar-refractivity contribution < 1.29 is 14.0 Å². The minimum atomic E-state index is -0.973. The summed E-state index contributed by atoms with van der Waals surface area (Å²) < 4.78 is 14.9. The number of aromatic nitrogens is 8. The number of rotatable bonds is 9. The molecular formula is C26H20ClFN10O2. The quantitative estimate of drug-likeness (QED) is 0.233. The van der Waals surface area contributed by atoms with Gasteiger partial charge in [-0.1, -0.05) is 23.7 Å². The number of benzene rings is 3. The van der Waals surface area contributed by atoms with Gasteiger partial charge in [-0.05, 0) is 87.1 Å². The molecule has 200 valence electrons. The molecule has 2 heterocycles. The van der Waals surface area contributed by atoms with Gasteiger partial charge in [0.2, 0.25) is 11.8 Å². The molecule has 0 aliphatic carbocycles. The molecule has 0 aliphatic rings. The fourth-order valence-electron chi connectivity index (χ4n) is 3.81. The number of aromatic amines is 1. The summed E-state index contributed by atoms with van der Waals surface area (Å²) >= 11 is 6.15. The molecule has 0 aliphatic heterocycles.